The molecule has 0 saturated carbocycles. The average Bonchev–Trinajstić information content (AvgIpc) is 2.57. The molecule has 0 atom stereocenters. The minimum absolute atomic E-state index is 0.291. The molecule has 1 aliphatic heterocycles. The Labute approximate surface area is 137 Å². The molecule has 5 nitrogen and oxygen atoms in total. The van der Waals surface area contributed by atoms with E-state index in [2.05, 4.69) is 15.3 Å². The second kappa shape index (κ2) is 6.54. The van der Waals surface area contributed by atoms with Crippen LogP contribution in [0.2, 0.25) is 5.15 Å². The molecule has 1 aliphatic rings. The molecule has 3 rings (SSSR count). The highest BCUT2D eigenvalue weighted by molar-refractivity contribution is 6.32. The number of aromatic nitrogens is 2. The average molecular weight is 340 g/mol. The van der Waals surface area contributed by atoms with Gasteiger partial charge in [-0.05, 0) is 12.1 Å². The molecule has 0 bridgehead atoms. The molecule has 1 fully saturated rings. The zero-order valence-electron chi connectivity index (χ0n) is 12.6. The third kappa shape index (κ3) is 3.14. The normalized spacial score (nSPS) is 15.0. The molecule has 1 saturated heterocycles. The molecule has 1 aromatic carbocycles. The van der Waals surface area contributed by atoms with Crippen molar-refractivity contribution in [1.82, 2.24) is 9.97 Å². The summed E-state index contributed by atoms with van der Waals surface area (Å²) < 4.78 is 27.2. The molecule has 2 aromatic rings. The molecule has 0 radical (unpaired) electrons. The van der Waals surface area contributed by atoms with E-state index < -0.39 is 11.6 Å². The van der Waals surface area contributed by atoms with E-state index in [1.54, 1.807) is 7.05 Å². The van der Waals surface area contributed by atoms with E-state index in [1.807, 2.05) is 9.80 Å². The van der Waals surface area contributed by atoms with Gasteiger partial charge in [-0.1, -0.05) is 11.6 Å². The Balaban J connectivity index is 1.76. The van der Waals surface area contributed by atoms with Crippen LogP contribution in [0.3, 0.4) is 0 Å². The van der Waals surface area contributed by atoms with Crippen molar-refractivity contribution in [1.29, 1.82) is 0 Å². The molecule has 2 heterocycles. The first-order valence-corrected chi connectivity index (χ1v) is 7.61. The van der Waals surface area contributed by atoms with Crippen molar-refractivity contribution in [2.75, 3.05) is 48.3 Å². The number of rotatable bonds is 3. The monoisotopic (exact) mass is 339 g/mol. The van der Waals surface area contributed by atoms with Gasteiger partial charge in [-0.25, -0.2) is 18.7 Å². The Kier molecular flexibility index (Phi) is 4.47. The van der Waals surface area contributed by atoms with Crippen LogP contribution in [0.15, 0.2) is 24.5 Å². The number of piperazine rings is 1. The maximum absolute atomic E-state index is 13.9. The summed E-state index contributed by atoms with van der Waals surface area (Å²) in [6.45, 7) is 2.37. The van der Waals surface area contributed by atoms with Crippen molar-refractivity contribution in [3.8, 4) is 0 Å². The van der Waals surface area contributed by atoms with Crippen LogP contribution in [-0.2, 0) is 0 Å². The smallest absolute Gasteiger partial charge is 0.157 e. The van der Waals surface area contributed by atoms with Crippen LogP contribution in [0.25, 0.3) is 0 Å². The van der Waals surface area contributed by atoms with Gasteiger partial charge in [0.2, 0.25) is 0 Å². The van der Waals surface area contributed by atoms with Crippen LogP contribution in [0.5, 0.6) is 0 Å². The Morgan fingerprint density at radius 1 is 1.09 bits per heavy atom. The quantitative estimate of drug-likeness (QED) is 0.871. The fourth-order valence-corrected chi connectivity index (χ4v) is 2.92. The SMILES string of the molecule is CNc1c(Cl)ncnc1N1CCN(c2cc(F)ccc2F)CC1. The van der Waals surface area contributed by atoms with Gasteiger partial charge in [0.05, 0.1) is 5.69 Å². The van der Waals surface area contributed by atoms with Gasteiger partial charge in [0.25, 0.3) is 0 Å². The molecular formula is C15H16ClF2N5. The minimum atomic E-state index is -0.441. The summed E-state index contributed by atoms with van der Waals surface area (Å²) in [6, 6.07) is 3.50. The molecule has 122 valence electrons. The van der Waals surface area contributed by atoms with Gasteiger partial charge in [-0.15, -0.1) is 0 Å². The van der Waals surface area contributed by atoms with Gasteiger partial charge in [0.15, 0.2) is 11.0 Å². The predicted molar refractivity (Wildman–Crippen MR) is 87.4 cm³/mol. The van der Waals surface area contributed by atoms with E-state index in [0.29, 0.717) is 48.5 Å². The number of benzene rings is 1. The highest BCUT2D eigenvalue weighted by Gasteiger charge is 2.23. The van der Waals surface area contributed by atoms with Crippen LogP contribution in [0.1, 0.15) is 0 Å². The molecule has 8 heteroatoms. The minimum Gasteiger partial charge on any atom is -0.383 e. The van der Waals surface area contributed by atoms with Crippen molar-refractivity contribution >= 4 is 28.8 Å². The van der Waals surface area contributed by atoms with E-state index in [-0.39, 0.29) is 0 Å². The molecular weight excluding hydrogens is 324 g/mol. The predicted octanol–water partition coefficient (Wildman–Crippen LogP) is 2.78. The lowest BCUT2D eigenvalue weighted by atomic mass is 10.2. The van der Waals surface area contributed by atoms with Crippen molar-refractivity contribution < 1.29 is 8.78 Å². The van der Waals surface area contributed by atoms with Crippen molar-refractivity contribution in [2.45, 2.75) is 0 Å². The van der Waals surface area contributed by atoms with Crippen LogP contribution < -0.4 is 15.1 Å². The van der Waals surface area contributed by atoms with Gasteiger partial charge < -0.3 is 15.1 Å². The summed E-state index contributed by atoms with van der Waals surface area (Å²) >= 11 is 6.07. The summed E-state index contributed by atoms with van der Waals surface area (Å²) in [5, 5.41) is 3.36. The van der Waals surface area contributed by atoms with Gasteiger partial charge >= 0.3 is 0 Å². The van der Waals surface area contributed by atoms with Crippen LogP contribution in [0.4, 0.5) is 26.0 Å². The zero-order chi connectivity index (χ0) is 16.4. The highest BCUT2D eigenvalue weighted by Crippen LogP contribution is 2.30. The number of nitrogens with zero attached hydrogens (tertiary/aromatic N) is 4. The second-order valence-corrected chi connectivity index (χ2v) is 5.54. The first-order valence-electron chi connectivity index (χ1n) is 7.23. The molecule has 1 aromatic heterocycles. The summed E-state index contributed by atoms with van der Waals surface area (Å²) in [5.41, 5.74) is 0.957. The van der Waals surface area contributed by atoms with E-state index >= 15 is 0 Å². The lowest BCUT2D eigenvalue weighted by Gasteiger charge is -2.37. The molecule has 0 spiro atoms. The zero-order valence-corrected chi connectivity index (χ0v) is 13.3. The first-order chi connectivity index (χ1) is 11.1. The maximum Gasteiger partial charge on any atom is 0.157 e. The van der Waals surface area contributed by atoms with E-state index in [1.165, 1.54) is 12.4 Å². The number of hydrogen-bond acceptors (Lipinski definition) is 5. The Bertz CT molecular complexity index is 704. The molecule has 1 N–H and O–H groups in total. The number of hydrogen-bond donors (Lipinski definition) is 1. The van der Waals surface area contributed by atoms with Gasteiger partial charge in [-0.2, -0.15) is 0 Å². The largest absolute Gasteiger partial charge is 0.383 e. The van der Waals surface area contributed by atoms with E-state index in [9.17, 15) is 8.78 Å². The van der Waals surface area contributed by atoms with E-state index in [4.69, 9.17) is 11.6 Å². The summed E-state index contributed by atoms with van der Waals surface area (Å²) in [6.07, 6.45) is 1.41. The van der Waals surface area contributed by atoms with E-state index in [0.717, 1.165) is 12.1 Å². The molecule has 0 unspecified atom stereocenters. The highest BCUT2D eigenvalue weighted by atomic mass is 35.5. The maximum atomic E-state index is 13.9. The number of nitrogens with one attached hydrogen (secondary N) is 1. The fourth-order valence-electron chi connectivity index (χ4n) is 2.70. The Hall–Kier alpha value is -2.15. The summed E-state index contributed by atoms with van der Waals surface area (Å²) in [7, 11) is 1.76. The third-order valence-electron chi connectivity index (χ3n) is 3.86. The summed E-state index contributed by atoms with van der Waals surface area (Å²) in [5.74, 6) is -0.142. The van der Waals surface area contributed by atoms with Crippen molar-refractivity contribution in [3.63, 3.8) is 0 Å². The van der Waals surface area contributed by atoms with Crippen molar-refractivity contribution in [2.24, 2.45) is 0 Å². The number of anilines is 3. The Morgan fingerprint density at radius 2 is 1.78 bits per heavy atom. The first kappa shape index (κ1) is 15.7. The third-order valence-corrected chi connectivity index (χ3v) is 4.15. The molecule has 0 aliphatic carbocycles. The molecule has 0 amide bonds. The lowest BCUT2D eigenvalue weighted by Crippen LogP contribution is -2.47. The van der Waals surface area contributed by atoms with Gasteiger partial charge in [-0.3, -0.25) is 0 Å². The topological polar surface area (TPSA) is 44.3 Å². The van der Waals surface area contributed by atoms with Crippen molar-refractivity contribution in [3.05, 3.63) is 41.3 Å². The van der Waals surface area contributed by atoms with Gasteiger partial charge in [0.1, 0.15) is 23.6 Å². The van der Waals surface area contributed by atoms with Crippen LogP contribution >= 0.6 is 11.6 Å². The molecule has 23 heavy (non-hydrogen) atoms. The lowest BCUT2D eigenvalue weighted by molar-refractivity contribution is 0.579. The standard InChI is InChI=1S/C15H16ClF2N5/c1-19-13-14(16)20-9-21-15(13)23-6-4-22(5-7-23)12-8-10(17)2-3-11(12)18/h2-3,8-9,19H,4-7H2,1H3. The fraction of sp³-hybridized carbons (Fsp3) is 0.333. The second-order valence-electron chi connectivity index (χ2n) is 5.18. The summed E-state index contributed by atoms with van der Waals surface area (Å²) in [4.78, 5) is 12.1. The van der Waals surface area contributed by atoms with Crippen LogP contribution in [0, 0.1) is 11.6 Å². The van der Waals surface area contributed by atoms with Gasteiger partial charge in [0, 0.05) is 39.3 Å². The Morgan fingerprint density at radius 3 is 2.48 bits per heavy atom. The number of halogens is 3. The van der Waals surface area contributed by atoms with Crippen LogP contribution in [-0.4, -0.2) is 43.2 Å².